The van der Waals surface area contributed by atoms with Crippen molar-refractivity contribution in [1.29, 1.82) is 0 Å². The maximum atomic E-state index is 14.7. The van der Waals surface area contributed by atoms with Crippen molar-refractivity contribution < 1.29 is 24.5 Å². The van der Waals surface area contributed by atoms with E-state index in [1.165, 1.54) is 9.96 Å². The molecule has 0 saturated heterocycles. The molecular weight excluding hydrogens is 884 g/mol. The normalized spacial score (nSPS) is 11.2. The molecular formula is C45H37FGeIrN2S-2. The number of thiophene rings is 1. The molecule has 5 aromatic carbocycles. The molecule has 51 heavy (non-hydrogen) atoms. The van der Waals surface area contributed by atoms with Crippen molar-refractivity contribution >= 4 is 49.2 Å². The van der Waals surface area contributed by atoms with Crippen LogP contribution in [0.5, 0.6) is 0 Å². The molecule has 3 aromatic heterocycles. The number of halogens is 1. The molecule has 0 unspecified atom stereocenters. The number of rotatable bonds is 5. The summed E-state index contributed by atoms with van der Waals surface area (Å²) < 4.78 is 18.3. The number of fused-ring (bicyclic) bond motifs is 3. The summed E-state index contributed by atoms with van der Waals surface area (Å²) in [6, 6.07) is 46.6. The van der Waals surface area contributed by atoms with E-state index < -0.39 is 13.3 Å². The van der Waals surface area contributed by atoms with Crippen molar-refractivity contribution in [3.8, 4) is 44.8 Å². The zero-order valence-electron chi connectivity index (χ0n) is 29.2. The first-order valence-corrected chi connectivity index (χ1v) is 24.9. The summed E-state index contributed by atoms with van der Waals surface area (Å²) in [5, 5.41) is 1.97. The van der Waals surface area contributed by atoms with E-state index in [-0.39, 0.29) is 25.9 Å². The molecule has 255 valence electrons. The Morgan fingerprint density at radius 2 is 1.25 bits per heavy atom. The van der Waals surface area contributed by atoms with Gasteiger partial charge in [0.15, 0.2) is 0 Å². The van der Waals surface area contributed by atoms with E-state index in [0.29, 0.717) is 0 Å². The molecule has 0 bridgehead atoms. The minimum absolute atomic E-state index is 0. The van der Waals surface area contributed by atoms with Gasteiger partial charge in [0.25, 0.3) is 0 Å². The molecule has 0 N–H and O–H groups in total. The smallest absolute Gasteiger partial charge is 0 e. The molecule has 0 aliphatic heterocycles. The van der Waals surface area contributed by atoms with E-state index in [1.54, 1.807) is 23.5 Å². The Morgan fingerprint density at radius 1 is 0.627 bits per heavy atom. The number of nitrogens with zero attached hydrogens (tertiary/aromatic N) is 2. The summed E-state index contributed by atoms with van der Waals surface area (Å²) in [4.78, 5) is 9.33. The number of hydrogen-bond donors (Lipinski definition) is 0. The van der Waals surface area contributed by atoms with Gasteiger partial charge in [-0.05, 0) is 51.5 Å². The van der Waals surface area contributed by atoms with Crippen molar-refractivity contribution in [2.75, 3.05) is 0 Å². The van der Waals surface area contributed by atoms with Gasteiger partial charge in [-0.2, -0.15) is 11.3 Å². The first-order valence-electron chi connectivity index (χ1n) is 16.8. The number of hydrogen-bond acceptors (Lipinski definition) is 3. The summed E-state index contributed by atoms with van der Waals surface area (Å²) in [6.07, 6.45) is 4.00. The zero-order valence-corrected chi connectivity index (χ0v) is 34.5. The van der Waals surface area contributed by atoms with Crippen molar-refractivity contribution in [1.82, 2.24) is 9.97 Å². The van der Waals surface area contributed by atoms with Gasteiger partial charge in [-0.15, -0.1) is 23.8 Å². The third kappa shape index (κ3) is 7.98. The fourth-order valence-corrected chi connectivity index (χ4v) is 11.2. The molecule has 6 heteroatoms. The minimum Gasteiger partial charge on any atom is 0 e. The van der Waals surface area contributed by atoms with Gasteiger partial charge in [0.05, 0.1) is 0 Å². The van der Waals surface area contributed by atoms with Crippen LogP contribution in [0.1, 0.15) is 11.1 Å². The Morgan fingerprint density at radius 3 is 1.88 bits per heavy atom. The first-order chi connectivity index (χ1) is 24.2. The van der Waals surface area contributed by atoms with E-state index in [4.69, 9.17) is 4.98 Å². The van der Waals surface area contributed by atoms with Crippen LogP contribution in [0, 0.1) is 31.8 Å². The van der Waals surface area contributed by atoms with Gasteiger partial charge in [-0.1, -0.05) is 72.1 Å². The van der Waals surface area contributed by atoms with E-state index in [9.17, 15) is 4.39 Å². The van der Waals surface area contributed by atoms with Crippen LogP contribution in [0.3, 0.4) is 0 Å². The number of aryl methyl sites for hydroxylation is 2. The number of pyridine rings is 2. The molecule has 0 fully saturated rings. The van der Waals surface area contributed by atoms with E-state index in [0.717, 1.165) is 70.5 Å². The van der Waals surface area contributed by atoms with E-state index in [2.05, 4.69) is 90.8 Å². The quantitative estimate of drug-likeness (QED) is 0.127. The second kappa shape index (κ2) is 15.5. The molecule has 8 rings (SSSR count). The average Bonchev–Trinajstić information content (AvgIpc) is 3.49. The van der Waals surface area contributed by atoms with Crippen LogP contribution >= 0.6 is 11.3 Å². The van der Waals surface area contributed by atoms with Gasteiger partial charge in [0.1, 0.15) is 5.82 Å². The van der Waals surface area contributed by atoms with Gasteiger partial charge in [0.2, 0.25) is 0 Å². The van der Waals surface area contributed by atoms with Crippen molar-refractivity contribution in [2.45, 2.75) is 31.1 Å². The third-order valence-corrected chi connectivity index (χ3v) is 14.6. The van der Waals surface area contributed by atoms with Gasteiger partial charge >= 0.3 is 106 Å². The molecule has 0 amide bonds. The van der Waals surface area contributed by atoms with E-state index >= 15 is 0 Å². The molecule has 3 heterocycles. The van der Waals surface area contributed by atoms with Crippen LogP contribution in [-0.4, -0.2) is 23.2 Å². The van der Waals surface area contributed by atoms with Gasteiger partial charge in [-0.25, -0.2) is 4.39 Å². The van der Waals surface area contributed by atoms with Crippen molar-refractivity contribution in [3.05, 3.63) is 163 Å². The predicted octanol–water partition coefficient (Wildman–Crippen LogP) is 12.1. The monoisotopic (exact) mass is 923 g/mol. The van der Waals surface area contributed by atoms with Crippen LogP contribution in [0.2, 0.25) is 17.3 Å². The molecule has 1 radical (unpaired) electrons. The van der Waals surface area contributed by atoms with Crippen LogP contribution in [0.25, 0.3) is 64.9 Å². The molecule has 8 aromatic rings. The summed E-state index contributed by atoms with van der Waals surface area (Å²) >= 11 is -0.0923. The first kappa shape index (κ1) is 36.5. The van der Waals surface area contributed by atoms with Crippen molar-refractivity contribution in [3.63, 3.8) is 0 Å². The predicted molar refractivity (Wildman–Crippen MR) is 213 cm³/mol. The molecule has 2 nitrogen and oxygen atoms in total. The second-order valence-corrected chi connectivity index (χ2v) is 25.2. The maximum Gasteiger partial charge on any atom is 0 e. The van der Waals surface area contributed by atoms with Gasteiger partial charge in [-0.3, -0.25) is 0 Å². The Balaban J connectivity index is 0.000000211. The third-order valence-electron chi connectivity index (χ3n) is 8.93. The van der Waals surface area contributed by atoms with Gasteiger partial charge in [0, 0.05) is 42.1 Å². The van der Waals surface area contributed by atoms with Crippen LogP contribution < -0.4 is 4.40 Å². The SMILES string of the molecule is Cc1cc(-c2[c-]cc3sc4c(-c5ccccc5)cc(F)cc4c3c2)ncc1-c1ccccc1.Cc1cc(-c2[c-]cccc2)nc[c]1[Ge]([CH3])([CH3])[CH3].[Ir]. The largest absolute Gasteiger partial charge is 0 e. The van der Waals surface area contributed by atoms with Crippen LogP contribution in [0.15, 0.2) is 134 Å². The summed E-state index contributed by atoms with van der Waals surface area (Å²) in [7, 11) is 0. The topological polar surface area (TPSA) is 25.8 Å². The minimum atomic E-state index is -1.77. The fourth-order valence-electron chi connectivity index (χ4n) is 6.43. The standard InChI is InChI=1S/C30H19FNS.C15H18GeN.Ir/c1-19-14-28(32-18-27(19)21-10-6-3-7-11-21)22-12-13-29-25(15-22)26-17-23(31)16-24(30(26)33-29)20-8-4-2-5-9-20;1-12-10-15(13-8-6-5-7-9-13)17-11-14(12)16(2,3)4;/h2-11,13-18H,1H3;5-8,10-11H,1-4H3;/q2*-1;. The summed E-state index contributed by atoms with van der Waals surface area (Å²) in [5.41, 5.74) is 10.6. The maximum absolute atomic E-state index is 14.7. The molecule has 0 saturated carbocycles. The molecule has 0 aliphatic carbocycles. The number of aromatic nitrogens is 2. The van der Waals surface area contributed by atoms with Crippen LogP contribution in [-0.2, 0) is 20.1 Å². The fraction of sp³-hybridized carbons (Fsp3) is 0.111. The second-order valence-electron chi connectivity index (χ2n) is 13.6. The van der Waals surface area contributed by atoms with Crippen LogP contribution in [0.4, 0.5) is 4.39 Å². The molecule has 0 spiro atoms. The van der Waals surface area contributed by atoms with Crippen molar-refractivity contribution in [2.24, 2.45) is 0 Å². The Kier molecular flexibility index (Phi) is 11.1. The summed E-state index contributed by atoms with van der Waals surface area (Å²) in [6.45, 7) is 4.30. The average molecular weight is 922 g/mol. The molecule has 0 atom stereocenters. The number of benzene rings is 5. The Labute approximate surface area is 320 Å². The summed E-state index contributed by atoms with van der Waals surface area (Å²) in [5.74, 6) is 6.98. The Bertz CT molecular complexity index is 2440. The Hall–Kier alpha value is -4.26. The van der Waals surface area contributed by atoms with E-state index in [1.807, 2.05) is 79.0 Å². The van der Waals surface area contributed by atoms with Gasteiger partial charge < -0.3 is 4.98 Å². The molecule has 0 aliphatic rings. The zero-order chi connectivity index (χ0) is 34.8.